The Labute approximate surface area is 533 Å². The van der Waals surface area contributed by atoms with Gasteiger partial charge in [-0.3, -0.25) is 9.59 Å². The zero-order chi connectivity index (χ0) is 61.3. The van der Waals surface area contributed by atoms with E-state index >= 15 is 0 Å². The number of amides is 1. The highest BCUT2D eigenvalue weighted by Gasteiger charge is 2.18. The third kappa shape index (κ3) is 71.6. The van der Waals surface area contributed by atoms with E-state index in [2.05, 4.69) is 19.2 Å². The van der Waals surface area contributed by atoms with E-state index in [0.717, 1.165) is 38.5 Å². The van der Waals surface area contributed by atoms with Crippen molar-refractivity contribution in [3.8, 4) is 0 Å². The van der Waals surface area contributed by atoms with Gasteiger partial charge in [-0.2, -0.15) is 0 Å². The Hall–Kier alpha value is -1.40. The minimum Gasteiger partial charge on any atom is -0.466 e. The first kappa shape index (κ1) is 83.6. The number of aliphatic hydroxyl groups is 2. The quantitative estimate of drug-likeness (QED) is 0.0320. The molecule has 0 aromatic carbocycles. The van der Waals surface area contributed by atoms with Crippen LogP contribution in [0.4, 0.5) is 0 Å². The van der Waals surface area contributed by atoms with Crippen LogP contribution < -0.4 is 5.32 Å². The fourth-order valence-electron chi connectivity index (χ4n) is 12.8. The zero-order valence-corrected chi connectivity index (χ0v) is 58.1. The lowest BCUT2D eigenvalue weighted by Gasteiger charge is -2.20. The molecule has 0 aliphatic carbocycles. The summed E-state index contributed by atoms with van der Waals surface area (Å²) in [7, 11) is 0. The van der Waals surface area contributed by atoms with Crippen molar-refractivity contribution in [1.29, 1.82) is 0 Å². The lowest BCUT2D eigenvalue weighted by Crippen LogP contribution is -2.45. The molecule has 0 radical (unpaired) electrons. The summed E-state index contributed by atoms with van der Waals surface area (Å²) in [5, 5.41) is 23.3. The van der Waals surface area contributed by atoms with Gasteiger partial charge in [0.05, 0.1) is 25.4 Å². The van der Waals surface area contributed by atoms with Gasteiger partial charge in [-0.1, -0.05) is 424 Å². The van der Waals surface area contributed by atoms with Crippen molar-refractivity contribution < 1.29 is 24.5 Å². The highest BCUT2D eigenvalue weighted by atomic mass is 16.5. The van der Waals surface area contributed by atoms with Gasteiger partial charge in [0.2, 0.25) is 5.91 Å². The van der Waals surface area contributed by atoms with E-state index in [0.29, 0.717) is 19.4 Å². The van der Waals surface area contributed by atoms with E-state index in [4.69, 9.17) is 4.74 Å². The molecule has 0 saturated carbocycles. The molecule has 0 aliphatic heterocycles. The van der Waals surface area contributed by atoms with Crippen LogP contribution in [0.25, 0.3) is 0 Å². The molecule has 506 valence electrons. The molecule has 0 spiro atoms. The van der Waals surface area contributed by atoms with Crippen molar-refractivity contribution in [3.05, 3.63) is 12.2 Å². The summed E-state index contributed by atoms with van der Waals surface area (Å²) in [5.74, 6) is -0.0395. The van der Waals surface area contributed by atoms with Gasteiger partial charge >= 0.3 is 5.97 Å². The number of allylic oxidation sites excluding steroid dienone is 1. The van der Waals surface area contributed by atoms with E-state index in [1.165, 1.54) is 392 Å². The number of esters is 1. The molecule has 0 rings (SSSR count). The van der Waals surface area contributed by atoms with Crippen molar-refractivity contribution in [1.82, 2.24) is 5.32 Å². The maximum absolute atomic E-state index is 12.6. The number of aliphatic hydroxyl groups excluding tert-OH is 2. The summed E-state index contributed by atoms with van der Waals surface area (Å²) in [6, 6.07) is -0.628. The van der Waals surface area contributed by atoms with E-state index in [1.807, 2.05) is 6.08 Å². The van der Waals surface area contributed by atoms with E-state index in [1.54, 1.807) is 6.08 Å². The summed E-state index contributed by atoms with van der Waals surface area (Å²) in [6.07, 6.45) is 94.7. The third-order valence-corrected chi connectivity index (χ3v) is 18.8. The fraction of sp³-hybridized carbons (Fsp3) is 0.949. The molecular weight excluding hydrogens is 1040 g/mol. The van der Waals surface area contributed by atoms with Gasteiger partial charge in [0.15, 0.2) is 0 Å². The molecule has 2 unspecified atom stereocenters. The molecule has 0 aromatic rings. The number of carbonyl (C=O) groups is 2. The molecule has 0 fully saturated rings. The first-order valence-corrected chi connectivity index (χ1v) is 39.5. The van der Waals surface area contributed by atoms with Gasteiger partial charge in [-0.25, -0.2) is 0 Å². The molecular formula is C79H155NO5. The van der Waals surface area contributed by atoms with Gasteiger partial charge in [0.25, 0.3) is 0 Å². The average molecular weight is 1200 g/mol. The molecule has 3 N–H and O–H groups in total. The number of unbranched alkanes of at least 4 members (excludes halogenated alkanes) is 64. The Kier molecular flexibility index (Phi) is 73.8. The Morgan fingerprint density at radius 3 is 0.800 bits per heavy atom. The van der Waals surface area contributed by atoms with Gasteiger partial charge in [0, 0.05) is 12.8 Å². The van der Waals surface area contributed by atoms with Gasteiger partial charge in [-0.05, 0) is 32.1 Å². The average Bonchev–Trinajstić information content (AvgIpc) is 3.51. The molecule has 0 heterocycles. The summed E-state index contributed by atoms with van der Waals surface area (Å²) >= 11 is 0. The van der Waals surface area contributed by atoms with Crippen molar-refractivity contribution in [2.24, 2.45) is 0 Å². The predicted octanol–water partition coefficient (Wildman–Crippen LogP) is 25.9. The SMILES string of the molecule is CCCCCCCCCCCCCCCCCCCCCCCCC/C=C/C(O)C(CO)NC(=O)CCCCCCCCCCCCCCCCCCCCCCCCCCOC(=O)CCCCCCCCCCCCCCCCCCCCC. The number of hydrogen-bond acceptors (Lipinski definition) is 5. The van der Waals surface area contributed by atoms with Crippen LogP contribution in [0, 0.1) is 0 Å². The Bertz CT molecular complexity index is 1290. The monoisotopic (exact) mass is 1200 g/mol. The minimum absolute atomic E-state index is 0.0213. The van der Waals surface area contributed by atoms with Crippen molar-refractivity contribution in [3.63, 3.8) is 0 Å². The lowest BCUT2D eigenvalue weighted by atomic mass is 10.0. The first-order chi connectivity index (χ1) is 42.0. The summed E-state index contributed by atoms with van der Waals surface area (Å²) in [6.45, 7) is 4.97. The van der Waals surface area contributed by atoms with Crippen LogP contribution >= 0.6 is 0 Å². The summed E-state index contributed by atoms with van der Waals surface area (Å²) in [4.78, 5) is 24.7. The van der Waals surface area contributed by atoms with Crippen LogP contribution in [0.3, 0.4) is 0 Å². The van der Waals surface area contributed by atoms with E-state index < -0.39 is 12.1 Å². The molecule has 0 aliphatic rings. The van der Waals surface area contributed by atoms with E-state index in [-0.39, 0.29) is 18.5 Å². The molecule has 0 aromatic heterocycles. The Morgan fingerprint density at radius 1 is 0.318 bits per heavy atom. The second kappa shape index (κ2) is 75.1. The number of nitrogens with one attached hydrogen (secondary N) is 1. The topological polar surface area (TPSA) is 95.9 Å². The van der Waals surface area contributed by atoms with Crippen LogP contribution in [0.2, 0.25) is 0 Å². The van der Waals surface area contributed by atoms with Crippen LogP contribution in [0.5, 0.6) is 0 Å². The zero-order valence-electron chi connectivity index (χ0n) is 58.1. The standard InChI is InChI=1S/C79H155NO5/c1-3-5-7-9-11-13-15-17-19-21-23-24-25-26-29-32-36-39-43-47-51-55-59-63-67-71-77(82)76(75-81)80-78(83)72-68-64-60-56-52-48-44-40-37-33-30-27-28-31-34-38-42-46-50-54-58-62-66-70-74-85-79(84)73-69-65-61-57-53-49-45-41-35-22-20-18-16-14-12-10-8-6-4-2/h67,71,76-77,81-82H,3-66,68-70,72-75H2,1-2H3,(H,80,83)/b71-67+. The normalized spacial score (nSPS) is 12.5. The predicted molar refractivity (Wildman–Crippen MR) is 375 cm³/mol. The number of ether oxygens (including phenoxy) is 1. The molecule has 1 amide bonds. The summed E-state index contributed by atoms with van der Waals surface area (Å²) in [5.41, 5.74) is 0. The van der Waals surface area contributed by atoms with Crippen molar-refractivity contribution in [2.75, 3.05) is 13.2 Å². The summed E-state index contributed by atoms with van der Waals surface area (Å²) < 4.78 is 5.52. The second-order valence-corrected chi connectivity index (χ2v) is 27.4. The first-order valence-electron chi connectivity index (χ1n) is 39.5. The smallest absolute Gasteiger partial charge is 0.305 e. The third-order valence-electron chi connectivity index (χ3n) is 18.8. The molecule has 6 heteroatoms. The van der Waals surface area contributed by atoms with Crippen LogP contribution in [0.15, 0.2) is 12.2 Å². The van der Waals surface area contributed by atoms with Crippen molar-refractivity contribution >= 4 is 11.9 Å². The molecule has 0 saturated heterocycles. The minimum atomic E-state index is -0.845. The maximum atomic E-state index is 12.6. The highest BCUT2D eigenvalue weighted by Crippen LogP contribution is 2.20. The van der Waals surface area contributed by atoms with Crippen molar-refractivity contribution in [2.45, 2.75) is 469 Å². The van der Waals surface area contributed by atoms with Gasteiger partial charge < -0.3 is 20.3 Å². The molecule has 2 atom stereocenters. The largest absolute Gasteiger partial charge is 0.466 e. The number of carbonyl (C=O) groups excluding carboxylic acids is 2. The van der Waals surface area contributed by atoms with Gasteiger partial charge in [0.1, 0.15) is 0 Å². The molecule has 0 bridgehead atoms. The van der Waals surface area contributed by atoms with E-state index in [9.17, 15) is 19.8 Å². The highest BCUT2D eigenvalue weighted by molar-refractivity contribution is 5.76. The second-order valence-electron chi connectivity index (χ2n) is 27.4. The Balaban J connectivity index is 3.37. The van der Waals surface area contributed by atoms with Crippen LogP contribution in [0.1, 0.15) is 457 Å². The van der Waals surface area contributed by atoms with Gasteiger partial charge in [-0.15, -0.1) is 0 Å². The molecule has 85 heavy (non-hydrogen) atoms. The number of hydrogen-bond donors (Lipinski definition) is 3. The van der Waals surface area contributed by atoms with Crippen LogP contribution in [-0.4, -0.2) is 47.4 Å². The maximum Gasteiger partial charge on any atom is 0.305 e. The lowest BCUT2D eigenvalue weighted by molar-refractivity contribution is -0.143. The fourth-order valence-corrected chi connectivity index (χ4v) is 12.8. The molecule has 6 nitrogen and oxygen atoms in total. The van der Waals surface area contributed by atoms with Crippen LogP contribution in [-0.2, 0) is 14.3 Å². The number of rotatable bonds is 75. The Morgan fingerprint density at radius 2 is 0.541 bits per heavy atom.